The molecule has 2 fully saturated rings. The normalized spacial score (nSPS) is 42.8. The van der Waals surface area contributed by atoms with E-state index in [0.717, 1.165) is 12.8 Å². The highest BCUT2D eigenvalue weighted by Gasteiger charge is 2.70. The highest BCUT2D eigenvalue weighted by molar-refractivity contribution is 6.62. The van der Waals surface area contributed by atoms with Gasteiger partial charge in [0.15, 0.2) is 0 Å². The molecule has 0 aliphatic heterocycles. The van der Waals surface area contributed by atoms with E-state index in [1.54, 1.807) is 0 Å². The van der Waals surface area contributed by atoms with Crippen LogP contribution in [0.1, 0.15) is 47.0 Å². The number of hydrogen-bond donors (Lipinski definition) is 1. The van der Waals surface area contributed by atoms with E-state index in [4.69, 9.17) is 11.6 Å². The van der Waals surface area contributed by atoms with Crippen molar-refractivity contribution in [2.24, 2.45) is 16.7 Å². The van der Waals surface area contributed by atoms with Crippen molar-refractivity contribution in [2.75, 3.05) is 6.54 Å². The number of carbonyl (C=O) groups is 1. The van der Waals surface area contributed by atoms with Gasteiger partial charge in [-0.3, -0.25) is 4.79 Å². The van der Waals surface area contributed by atoms with E-state index in [2.05, 4.69) is 20.8 Å². The van der Waals surface area contributed by atoms with Crippen molar-refractivity contribution in [1.82, 2.24) is 4.90 Å². The lowest BCUT2D eigenvalue weighted by atomic mass is 9.67. The molecule has 2 saturated carbocycles. The number of halogens is 1. The Morgan fingerprint density at radius 1 is 1.47 bits per heavy atom. The average Bonchev–Trinajstić information content (AvgIpc) is 2.50. The van der Waals surface area contributed by atoms with Gasteiger partial charge in [0, 0.05) is 12.0 Å². The smallest absolute Gasteiger partial charge is 0.318 e. The van der Waals surface area contributed by atoms with Gasteiger partial charge in [0.1, 0.15) is 5.72 Å². The SMILES string of the molecule is CCN(C(=O)Cl)C1(O)CC2CCC1(C)C2(C)C. The molecule has 2 rings (SSSR count). The fourth-order valence-corrected chi connectivity index (χ4v) is 4.44. The summed E-state index contributed by atoms with van der Waals surface area (Å²) >= 11 is 5.63. The van der Waals surface area contributed by atoms with Crippen LogP contribution in [0.5, 0.6) is 0 Å². The standard InChI is InChI=1S/C13H22ClNO2/c1-5-15(10(14)16)13(17)8-9-6-7-12(13,4)11(9,2)3/h9,17H,5-8H2,1-4H3. The molecule has 0 radical (unpaired) electrons. The summed E-state index contributed by atoms with van der Waals surface area (Å²) in [5.74, 6) is 0.475. The summed E-state index contributed by atoms with van der Waals surface area (Å²) in [5, 5.41) is 10.5. The summed E-state index contributed by atoms with van der Waals surface area (Å²) < 4.78 is 0. The number of nitrogens with zero attached hydrogens (tertiary/aromatic N) is 1. The number of rotatable bonds is 2. The molecule has 2 aliphatic rings. The first-order chi connectivity index (χ1) is 7.70. The van der Waals surface area contributed by atoms with Crippen LogP contribution in [0.15, 0.2) is 0 Å². The Labute approximate surface area is 108 Å². The molecule has 0 saturated heterocycles. The molecular formula is C13H22ClNO2. The molecule has 4 heteroatoms. The molecule has 2 aliphatic carbocycles. The van der Waals surface area contributed by atoms with Gasteiger partial charge in [-0.25, -0.2) is 0 Å². The molecule has 3 atom stereocenters. The maximum absolute atomic E-state index is 11.5. The van der Waals surface area contributed by atoms with Crippen LogP contribution in [0, 0.1) is 16.7 Å². The zero-order valence-corrected chi connectivity index (χ0v) is 11.8. The predicted molar refractivity (Wildman–Crippen MR) is 67.8 cm³/mol. The second kappa shape index (κ2) is 3.61. The molecule has 2 bridgehead atoms. The van der Waals surface area contributed by atoms with Gasteiger partial charge in [0.25, 0.3) is 0 Å². The van der Waals surface area contributed by atoms with E-state index in [-0.39, 0.29) is 10.8 Å². The van der Waals surface area contributed by atoms with Gasteiger partial charge in [0.2, 0.25) is 0 Å². The molecule has 1 N–H and O–H groups in total. The topological polar surface area (TPSA) is 40.5 Å². The summed E-state index contributed by atoms with van der Waals surface area (Å²) in [6, 6.07) is 0. The van der Waals surface area contributed by atoms with Gasteiger partial charge in [-0.1, -0.05) is 20.8 Å². The number of carbonyl (C=O) groups excluding carboxylic acids is 1. The summed E-state index contributed by atoms with van der Waals surface area (Å²) in [5.41, 5.74) is -1.28. The zero-order chi connectivity index (χ0) is 13.1. The molecule has 0 aromatic heterocycles. The van der Waals surface area contributed by atoms with Gasteiger partial charge < -0.3 is 10.0 Å². The van der Waals surface area contributed by atoms with E-state index >= 15 is 0 Å². The minimum Gasteiger partial charge on any atom is -0.370 e. The van der Waals surface area contributed by atoms with Crippen LogP contribution in [0.25, 0.3) is 0 Å². The number of fused-ring (bicyclic) bond motifs is 2. The third-order valence-electron chi connectivity index (χ3n) is 5.83. The van der Waals surface area contributed by atoms with Crippen molar-refractivity contribution >= 4 is 17.0 Å². The maximum Gasteiger partial charge on any atom is 0.318 e. The minimum atomic E-state index is -1.08. The van der Waals surface area contributed by atoms with Gasteiger partial charge in [0.05, 0.1) is 0 Å². The first-order valence-electron chi connectivity index (χ1n) is 6.40. The van der Waals surface area contributed by atoms with Crippen molar-refractivity contribution in [2.45, 2.75) is 52.7 Å². The molecule has 1 amide bonds. The second-order valence-corrected chi connectivity index (χ2v) is 6.63. The molecule has 3 unspecified atom stereocenters. The van der Waals surface area contributed by atoms with E-state index in [1.807, 2.05) is 6.92 Å². The van der Waals surface area contributed by atoms with E-state index < -0.39 is 11.1 Å². The van der Waals surface area contributed by atoms with Gasteiger partial charge in [-0.05, 0) is 49.1 Å². The Bertz CT molecular complexity index is 357. The first-order valence-corrected chi connectivity index (χ1v) is 6.78. The third-order valence-corrected chi connectivity index (χ3v) is 6.03. The molecular weight excluding hydrogens is 238 g/mol. The van der Waals surface area contributed by atoms with E-state index in [0.29, 0.717) is 18.9 Å². The van der Waals surface area contributed by atoms with Crippen LogP contribution < -0.4 is 0 Å². The fraction of sp³-hybridized carbons (Fsp3) is 0.923. The molecule has 3 nitrogen and oxygen atoms in total. The van der Waals surface area contributed by atoms with Crippen LogP contribution in [0.3, 0.4) is 0 Å². The number of hydrogen-bond acceptors (Lipinski definition) is 2. The molecule has 17 heavy (non-hydrogen) atoms. The van der Waals surface area contributed by atoms with E-state index in [1.165, 1.54) is 4.90 Å². The van der Waals surface area contributed by atoms with Gasteiger partial charge >= 0.3 is 5.37 Å². The number of aliphatic hydroxyl groups is 1. The van der Waals surface area contributed by atoms with Crippen molar-refractivity contribution in [3.05, 3.63) is 0 Å². The lowest BCUT2D eigenvalue weighted by molar-refractivity contribution is -0.171. The quantitative estimate of drug-likeness (QED) is 0.470. The fourth-order valence-electron chi connectivity index (χ4n) is 4.18. The minimum absolute atomic E-state index is 0.0571. The summed E-state index contributed by atoms with van der Waals surface area (Å²) in [6.45, 7) is 8.82. The number of amides is 1. The lowest BCUT2D eigenvalue weighted by Crippen LogP contribution is -2.59. The Morgan fingerprint density at radius 3 is 2.35 bits per heavy atom. The summed E-state index contributed by atoms with van der Waals surface area (Å²) in [4.78, 5) is 13.0. The van der Waals surface area contributed by atoms with Crippen molar-refractivity contribution < 1.29 is 9.90 Å². The molecule has 0 aromatic rings. The molecule has 0 aromatic carbocycles. The molecule has 0 spiro atoms. The van der Waals surface area contributed by atoms with Crippen molar-refractivity contribution in [1.29, 1.82) is 0 Å². The molecule has 0 heterocycles. The molecule has 98 valence electrons. The van der Waals surface area contributed by atoms with Crippen LogP contribution in [0.4, 0.5) is 4.79 Å². The predicted octanol–water partition coefficient (Wildman–Crippen LogP) is 3.20. The van der Waals surface area contributed by atoms with Crippen molar-refractivity contribution in [3.63, 3.8) is 0 Å². The Morgan fingerprint density at radius 2 is 2.06 bits per heavy atom. The van der Waals surface area contributed by atoms with E-state index in [9.17, 15) is 9.90 Å². The first kappa shape index (κ1) is 13.2. The zero-order valence-electron chi connectivity index (χ0n) is 11.1. The Balaban J connectivity index is 2.44. The van der Waals surface area contributed by atoms with Crippen molar-refractivity contribution in [3.8, 4) is 0 Å². The monoisotopic (exact) mass is 259 g/mol. The second-order valence-electron chi connectivity index (χ2n) is 6.31. The highest BCUT2D eigenvalue weighted by Crippen LogP contribution is 2.70. The maximum atomic E-state index is 11.5. The summed E-state index contributed by atoms with van der Waals surface area (Å²) in [7, 11) is 0. The van der Waals surface area contributed by atoms with Crippen LogP contribution in [-0.2, 0) is 0 Å². The third kappa shape index (κ3) is 1.36. The summed E-state index contributed by atoms with van der Waals surface area (Å²) in [6.07, 6.45) is 2.75. The van der Waals surface area contributed by atoms with Gasteiger partial charge in [-0.2, -0.15) is 0 Å². The lowest BCUT2D eigenvalue weighted by Gasteiger charge is -2.50. The largest absolute Gasteiger partial charge is 0.370 e. The Kier molecular flexibility index (Phi) is 2.79. The van der Waals surface area contributed by atoms with Crippen LogP contribution in [0.2, 0.25) is 0 Å². The van der Waals surface area contributed by atoms with Gasteiger partial charge in [-0.15, -0.1) is 0 Å². The van der Waals surface area contributed by atoms with Crippen LogP contribution in [-0.4, -0.2) is 27.6 Å². The Hall–Kier alpha value is -0.280. The van der Waals surface area contributed by atoms with Crippen LogP contribution >= 0.6 is 11.6 Å². The average molecular weight is 260 g/mol. The highest BCUT2D eigenvalue weighted by atomic mass is 35.5.